The molecular formula is C71H98Ar3O2. The van der Waals surface area contributed by atoms with Gasteiger partial charge < -0.3 is 9.47 Å². The van der Waals surface area contributed by atoms with E-state index in [0.717, 1.165) is 46.7 Å². The molecule has 11 rings (SSSR count). The summed E-state index contributed by atoms with van der Waals surface area (Å²) in [7, 11) is 0. The largest absolute Gasteiger partial charge is 0.457 e. The van der Waals surface area contributed by atoms with Crippen LogP contribution in [0.2, 0.25) is 0 Å². The molecule has 0 N–H and O–H groups in total. The quantitative estimate of drug-likeness (QED) is 0.175. The number of hydrogen-bond donors (Lipinski definition) is 0. The maximum absolute atomic E-state index is 5.99. The first-order valence-corrected chi connectivity index (χ1v) is 28.9. The number of rotatable bonds is 4. The normalized spacial score (nSPS) is 16.7. The van der Waals surface area contributed by atoms with Crippen molar-refractivity contribution in [2.45, 2.75) is 174 Å². The molecule has 0 amide bonds. The zero-order chi connectivity index (χ0) is 53.4. The zero-order valence-corrected chi connectivity index (χ0v) is 51.5. The number of fused-ring (bicyclic) bond motifs is 7. The molecule has 0 radical (unpaired) electrons. The van der Waals surface area contributed by atoms with Gasteiger partial charge in [-0.3, -0.25) is 0 Å². The van der Waals surface area contributed by atoms with E-state index < -0.39 is 0 Å². The van der Waals surface area contributed by atoms with E-state index in [1.807, 2.05) is 100 Å². The first-order valence-electron chi connectivity index (χ1n) is 28.9. The zero-order valence-electron chi connectivity index (χ0n) is 49.3. The van der Waals surface area contributed by atoms with Crippen LogP contribution >= 0.6 is 0 Å². The Balaban J connectivity index is 0.000000966. The fourth-order valence-electron chi connectivity index (χ4n) is 10.7. The Morgan fingerprint density at radius 3 is 0.737 bits per heavy atom. The topological polar surface area (TPSA) is 18.5 Å². The molecule has 5 heteroatoms. The Kier molecular flexibility index (Phi) is 42.0. The van der Waals surface area contributed by atoms with Crippen LogP contribution in [-0.2, 0) is 0 Å². The van der Waals surface area contributed by atoms with Crippen LogP contribution in [0.3, 0.4) is 0 Å². The van der Waals surface area contributed by atoms with Crippen molar-refractivity contribution < 1.29 is 123 Å². The summed E-state index contributed by atoms with van der Waals surface area (Å²) in [5.74, 6) is 7.87. The van der Waals surface area contributed by atoms with Crippen LogP contribution in [0, 0.1) is 142 Å². The Morgan fingerprint density at radius 2 is 0.513 bits per heavy atom. The van der Waals surface area contributed by atoms with E-state index in [-0.39, 0.29) is 113 Å². The minimum atomic E-state index is 0. The van der Waals surface area contributed by atoms with Gasteiger partial charge in [-0.05, 0) is 146 Å². The predicted octanol–water partition coefficient (Wildman–Crippen LogP) is 23.9. The van der Waals surface area contributed by atoms with Crippen LogP contribution in [0.25, 0.3) is 43.1 Å². The monoisotopic (exact) mass is 1100 g/mol. The van der Waals surface area contributed by atoms with E-state index >= 15 is 0 Å². The molecule has 8 aromatic rings. The first kappa shape index (κ1) is 74.2. The van der Waals surface area contributed by atoms with Crippen molar-refractivity contribution in [3.05, 3.63) is 170 Å². The Bertz CT molecular complexity index is 2370. The van der Waals surface area contributed by atoms with Gasteiger partial charge in [0.1, 0.15) is 23.0 Å². The standard InChI is InChI=1S/2C20H14O.C15H26.4C3H8.2C2H6.3Ar/c2*1-3-7-17-13-19(11-9-15(17)5-1)21-20-12-10-16-6-2-4-8-18(16)14-20;1-15(2)13-9-5-3-7-11(13)12-8-4-6-10-14(12)15;4*1-3-2;2*1-2;;;/h2*1-14H;11-14H,3-10H2,1-2H3;4*3H2,1-2H3;2*1-2H3;;;. The third kappa shape index (κ3) is 23.7. The van der Waals surface area contributed by atoms with Crippen molar-refractivity contribution in [2.75, 3.05) is 0 Å². The summed E-state index contributed by atoms with van der Waals surface area (Å²) < 4.78 is 12.0. The average molecular weight is 1100 g/mol. The second kappa shape index (κ2) is 43.0. The Labute approximate surface area is 554 Å². The van der Waals surface area contributed by atoms with Crippen LogP contribution in [0.1, 0.15) is 174 Å². The molecule has 8 aromatic carbocycles. The summed E-state index contributed by atoms with van der Waals surface area (Å²) >= 11 is 0. The van der Waals surface area contributed by atoms with E-state index in [0.29, 0.717) is 5.41 Å². The van der Waals surface area contributed by atoms with Gasteiger partial charge in [0.2, 0.25) is 0 Å². The van der Waals surface area contributed by atoms with Crippen molar-refractivity contribution in [1.82, 2.24) is 0 Å². The first-order chi connectivity index (χ1) is 35.6. The summed E-state index contributed by atoms with van der Waals surface area (Å²) in [4.78, 5) is 0. The molecule has 0 saturated heterocycles. The van der Waals surface area contributed by atoms with Crippen LogP contribution in [0.5, 0.6) is 23.0 Å². The SMILES string of the molecule is CC.CC.CC1(C)C2CCCCC2C2CCCCC21.CCC.CCC.CCC.CCC.[Ar].[Ar].[Ar].c1ccc2cc(Oc3ccc4ccccc4c3)ccc2c1.c1ccc2cc(Oc3ccc4ccccc4c3)ccc2c1. The molecule has 4 unspecified atom stereocenters. The average Bonchev–Trinajstić information content (AvgIpc) is 3.66. The Hall–Kier alpha value is -1.82. The molecular weight excluding hydrogens is 1000 g/mol. The van der Waals surface area contributed by atoms with Crippen molar-refractivity contribution in [3.8, 4) is 23.0 Å². The molecule has 3 saturated carbocycles. The molecule has 3 aliphatic rings. The van der Waals surface area contributed by atoms with E-state index in [4.69, 9.17) is 9.47 Å². The molecule has 0 spiro atoms. The summed E-state index contributed by atoms with van der Waals surface area (Å²) in [5.41, 5.74) is 0.677. The molecule has 0 aromatic heterocycles. The predicted molar refractivity (Wildman–Crippen MR) is 327 cm³/mol. The molecule has 418 valence electrons. The summed E-state index contributed by atoms with van der Waals surface area (Å²) in [6, 6.07) is 57.9. The second-order valence-corrected chi connectivity index (χ2v) is 20.0. The fourth-order valence-corrected chi connectivity index (χ4v) is 10.7. The smallest absolute Gasteiger partial charge is 0.128 e. The van der Waals surface area contributed by atoms with Gasteiger partial charge in [-0.1, -0.05) is 270 Å². The third-order valence-corrected chi connectivity index (χ3v) is 13.5. The summed E-state index contributed by atoms with van der Waals surface area (Å²) in [6.45, 7) is 30.2. The van der Waals surface area contributed by atoms with Crippen LogP contribution in [0.4, 0.5) is 0 Å². The second-order valence-electron chi connectivity index (χ2n) is 20.0. The maximum Gasteiger partial charge on any atom is 0.128 e. The maximum atomic E-state index is 5.99. The van der Waals surface area contributed by atoms with Crippen molar-refractivity contribution >= 4 is 43.1 Å². The van der Waals surface area contributed by atoms with Gasteiger partial charge in [-0.15, -0.1) is 0 Å². The van der Waals surface area contributed by atoms with Gasteiger partial charge >= 0.3 is 0 Å². The molecule has 76 heavy (non-hydrogen) atoms. The van der Waals surface area contributed by atoms with E-state index in [9.17, 15) is 0 Å². The van der Waals surface area contributed by atoms with E-state index in [2.05, 4.69) is 166 Å². The molecule has 0 bridgehead atoms. The molecule has 2 nitrogen and oxygen atoms in total. The minimum absolute atomic E-state index is 0. The molecule has 3 fully saturated rings. The number of hydrogen-bond acceptors (Lipinski definition) is 2. The van der Waals surface area contributed by atoms with Gasteiger partial charge in [-0.25, -0.2) is 0 Å². The van der Waals surface area contributed by atoms with Crippen molar-refractivity contribution in [3.63, 3.8) is 0 Å². The van der Waals surface area contributed by atoms with Crippen molar-refractivity contribution in [1.29, 1.82) is 0 Å². The third-order valence-electron chi connectivity index (χ3n) is 13.5. The molecule has 0 heterocycles. The van der Waals surface area contributed by atoms with Gasteiger partial charge in [0.05, 0.1) is 0 Å². The van der Waals surface area contributed by atoms with Crippen LogP contribution in [-0.4, -0.2) is 0 Å². The van der Waals surface area contributed by atoms with Gasteiger partial charge in [0.15, 0.2) is 0 Å². The number of benzene rings is 8. The fraction of sp³-hybridized carbons (Fsp3) is 0.437. The number of ether oxygens (including phenoxy) is 2. The van der Waals surface area contributed by atoms with Gasteiger partial charge in [0.25, 0.3) is 0 Å². The molecule has 4 atom stereocenters. The van der Waals surface area contributed by atoms with Crippen LogP contribution < -0.4 is 9.47 Å². The summed E-state index contributed by atoms with van der Waals surface area (Å²) in [5, 5.41) is 9.66. The molecule has 3 aliphatic carbocycles. The minimum Gasteiger partial charge on any atom is -0.457 e. The Morgan fingerprint density at radius 1 is 0.316 bits per heavy atom. The van der Waals surface area contributed by atoms with E-state index in [1.165, 1.54) is 94.5 Å². The van der Waals surface area contributed by atoms with Gasteiger partial charge in [-0.2, -0.15) is 0 Å². The van der Waals surface area contributed by atoms with E-state index in [1.54, 1.807) is 25.7 Å². The van der Waals surface area contributed by atoms with Crippen LogP contribution in [0.15, 0.2) is 170 Å². The van der Waals surface area contributed by atoms with Gasteiger partial charge in [0, 0.05) is 113 Å². The molecule has 0 aliphatic heterocycles. The summed E-state index contributed by atoms with van der Waals surface area (Å²) in [6.07, 6.45) is 17.3. The van der Waals surface area contributed by atoms with Crippen molar-refractivity contribution in [2.24, 2.45) is 29.1 Å².